The number of benzene rings is 5. The number of carbonyl (C=O) groups is 2. The van der Waals surface area contributed by atoms with E-state index in [0.717, 1.165) is 69.3 Å². The number of ketones is 2. The molecule has 0 aliphatic carbocycles. The number of hydrogen-bond donors (Lipinski definition) is 0. The highest BCUT2D eigenvalue weighted by Gasteiger charge is 2.17. The normalized spacial score (nSPS) is 11.8. The monoisotopic (exact) mass is 622 g/mol. The quantitative estimate of drug-likeness (QED) is 0.0591. The lowest BCUT2D eigenvalue weighted by atomic mass is 9.97. The van der Waals surface area contributed by atoms with Crippen LogP contribution in [-0.2, 0) is 6.54 Å². The van der Waals surface area contributed by atoms with Crippen molar-refractivity contribution in [1.29, 1.82) is 0 Å². The molecule has 0 unspecified atom stereocenters. The Morgan fingerprint density at radius 2 is 1.37 bits per heavy atom. The van der Waals surface area contributed by atoms with Crippen LogP contribution in [0.15, 0.2) is 125 Å². The maximum Gasteiger partial charge on any atom is 0.193 e. The average Bonchev–Trinajstić information content (AvgIpc) is 3.41. The van der Waals surface area contributed by atoms with Crippen LogP contribution in [0.2, 0.25) is 0 Å². The van der Waals surface area contributed by atoms with Gasteiger partial charge in [-0.2, -0.15) is 0 Å². The topological polar surface area (TPSA) is 51.4 Å². The van der Waals surface area contributed by atoms with Crippen LogP contribution in [0.5, 0.6) is 0 Å². The maximum atomic E-state index is 13.6. The highest BCUT2D eigenvalue weighted by atomic mass is 32.2. The summed E-state index contributed by atoms with van der Waals surface area (Å²) in [6.45, 7) is 7.14. The molecule has 4 nitrogen and oxygen atoms in total. The largest absolute Gasteiger partial charge is 0.341 e. The first kappa shape index (κ1) is 31.3. The van der Waals surface area contributed by atoms with E-state index in [2.05, 4.69) is 66.9 Å². The Kier molecular flexibility index (Phi) is 9.60. The Bertz CT molecular complexity index is 2060. The number of carbonyl (C=O) groups excluding carboxylic acids is 2. The Hall–Kier alpha value is -4.74. The summed E-state index contributed by atoms with van der Waals surface area (Å²) in [5.74, 6) is 0.993. The number of thioether (sulfide) groups is 1. The minimum absolute atomic E-state index is 0.00940. The molecule has 0 amide bonds. The van der Waals surface area contributed by atoms with Gasteiger partial charge in [0.15, 0.2) is 11.6 Å². The molecule has 46 heavy (non-hydrogen) atoms. The lowest BCUT2D eigenvalue weighted by Crippen LogP contribution is -2.09. The first-order chi connectivity index (χ1) is 22.4. The molecule has 5 aromatic carbocycles. The molecule has 6 aromatic rings. The second-order valence-electron chi connectivity index (χ2n) is 11.7. The summed E-state index contributed by atoms with van der Waals surface area (Å²) >= 11 is 1.84. The predicted molar refractivity (Wildman–Crippen MR) is 193 cm³/mol. The second-order valence-corrected chi connectivity index (χ2v) is 12.8. The number of fused-ring (bicyclic) bond motifs is 3. The zero-order valence-corrected chi connectivity index (χ0v) is 27.4. The highest BCUT2D eigenvalue weighted by Crippen LogP contribution is 2.32. The van der Waals surface area contributed by atoms with Crippen LogP contribution < -0.4 is 0 Å². The highest BCUT2D eigenvalue weighted by molar-refractivity contribution is 7.99. The number of nitrogens with zero attached hydrogens (tertiary/aromatic N) is 2. The van der Waals surface area contributed by atoms with Crippen LogP contribution >= 0.6 is 11.8 Å². The van der Waals surface area contributed by atoms with Gasteiger partial charge in [0.1, 0.15) is 6.54 Å². The fourth-order valence-electron chi connectivity index (χ4n) is 6.01. The minimum Gasteiger partial charge on any atom is -0.341 e. The van der Waals surface area contributed by atoms with E-state index in [4.69, 9.17) is 4.99 Å². The van der Waals surface area contributed by atoms with Gasteiger partial charge < -0.3 is 4.57 Å². The summed E-state index contributed by atoms with van der Waals surface area (Å²) in [6, 6.07) is 38.3. The molecule has 0 saturated heterocycles. The zero-order chi connectivity index (χ0) is 32.0. The summed E-state index contributed by atoms with van der Waals surface area (Å²) in [4.78, 5) is 32.8. The van der Waals surface area contributed by atoms with E-state index in [1.54, 1.807) is 0 Å². The third-order valence-corrected chi connectivity index (χ3v) is 9.62. The van der Waals surface area contributed by atoms with Gasteiger partial charge in [-0.25, -0.2) is 0 Å². The molecule has 0 fully saturated rings. The summed E-state index contributed by atoms with van der Waals surface area (Å²) < 4.78 is 2.30. The molecule has 0 saturated carbocycles. The SMILES string of the molecule is CCn1c2ccc(C(=O)c3ccccc3C)cc2c2cc(C(CCCSc3ccc(C)cc3)=NCC(=O)c3ccccc3)ccc21. The number of Topliss-reactive ketones (excluding diaryl/α,β-unsaturated/α-hetero) is 1. The van der Waals surface area contributed by atoms with Crippen molar-refractivity contribution in [2.24, 2.45) is 4.99 Å². The number of hydrogen-bond acceptors (Lipinski definition) is 4. The molecule has 0 atom stereocenters. The molecule has 0 aliphatic heterocycles. The molecule has 0 bridgehead atoms. The number of rotatable bonds is 12. The van der Waals surface area contributed by atoms with Crippen molar-refractivity contribution in [2.75, 3.05) is 12.3 Å². The van der Waals surface area contributed by atoms with Gasteiger partial charge in [-0.15, -0.1) is 11.8 Å². The molecule has 5 heteroatoms. The molecule has 230 valence electrons. The Morgan fingerprint density at radius 1 is 0.717 bits per heavy atom. The average molecular weight is 623 g/mol. The first-order valence-electron chi connectivity index (χ1n) is 15.9. The van der Waals surface area contributed by atoms with Crippen molar-refractivity contribution in [3.63, 3.8) is 0 Å². The van der Waals surface area contributed by atoms with Crippen LogP contribution in [0.1, 0.15) is 62.7 Å². The molecule has 0 spiro atoms. The molecule has 1 aromatic heterocycles. The predicted octanol–water partition coefficient (Wildman–Crippen LogP) is 9.91. The van der Waals surface area contributed by atoms with Gasteiger partial charge in [-0.1, -0.05) is 78.4 Å². The van der Waals surface area contributed by atoms with E-state index < -0.39 is 0 Å². The van der Waals surface area contributed by atoms with Crippen LogP contribution in [0, 0.1) is 13.8 Å². The number of aliphatic imine (C=N–C) groups is 1. The first-order valence-corrected chi connectivity index (χ1v) is 16.9. The Balaban J connectivity index is 1.35. The van der Waals surface area contributed by atoms with Crippen molar-refractivity contribution in [3.05, 3.63) is 149 Å². The second kappa shape index (κ2) is 14.1. The van der Waals surface area contributed by atoms with Crippen molar-refractivity contribution < 1.29 is 9.59 Å². The summed E-state index contributed by atoms with van der Waals surface area (Å²) in [7, 11) is 0. The van der Waals surface area contributed by atoms with Crippen molar-refractivity contribution in [2.45, 2.75) is 45.1 Å². The molecule has 0 radical (unpaired) electrons. The molecule has 0 N–H and O–H groups in total. The summed E-state index contributed by atoms with van der Waals surface area (Å²) in [6.07, 6.45) is 1.69. The van der Waals surface area contributed by atoms with Crippen LogP contribution in [0.4, 0.5) is 0 Å². The maximum absolute atomic E-state index is 13.6. The van der Waals surface area contributed by atoms with Crippen molar-refractivity contribution >= 4 is 50.8 Å². The number of aryl methyl sites for hydroxylation is 3. The van der Waals surface area contributed by atoms with E-state index in [1.807, 2.05) is 85.4 Å². The fraction of sp³-hybridized carbons (Fsp3) is 0.195. The standard InChI is InChI=1S/C41H38N2O2S/c1-4-43-38-22-18-31(25-35(38)36-26-32(19-23-39(36)43)41(45)34-14-9-8-11-29(34)3)37(42-27-40(44)30-12-6-5-7-13-30)15-10-24-46-33-20-16-28(2)17-21-33/h5-9,11-14,16-23,25-26H,4,10,15,24,27H2,1-3H3. The third-order valence-electron chi connectivity index (χ3n) is 8.52. The van der Waals surface area contributed by atoms with Crippen molar-refractivity contribution in [1.82, 2.24) is 4.57 Å². The zero-order valence-electron chi connectivity index (χ0n) is 26.6. The van der Waals surface area contributed by atoms with Gasteiger partial charge in [0.25, 0.3) is 0 Å². The molecular weight excluding hydrogens is 585 g/mol. The van der Waals surface area contributed by atoms with Gasteiger partial charge in [0, 0.05) is 55.6 Å². The van der Waals surface area contributed by atoms with Crippen LogP contribution in [0.25, 0.3) is 21.8 Å². The summed E-state index contributed by atoms with van der Waals surface area (Å²) in [5, 5.41) is 2.14. The fourth-order valence-corrected chi connectivity index (χ4v) is 6.86. The van der Waals surface area contributed by atoms with Crippen LogP contribution in [-0.4, -0.2) is 34.1 Å². The van der Waals surface area contributed by atoms with Gasteiger partial charge in [0.2, 0.25) is 0 Å². The van der Waals surface area contributed by atoms with E-state index >= 15 is 0 Å². The molecule has 6 rings (SSSR count). The lowest BCUT2D eigenvalue weighted by Gasteiger charge is -2.09. The van der Waals surface area contributed by atoms with E-state index in [9.17, 15) is 9.59 Å². The van der Waals surface area contributed by atoms with Gasteiger partial charge >= 0.3 is 0 Å². The van der Waals surface area contributed by atoms with E-state index in [0.29, 0.717) is 11.1 Å². The van der Waals surface area contributed by atoms with Crippen LogP contribution in [0.3, 0.4) is 0 Å². The van der Waals surface area contributed by atoms with Gasteiger partial charge in [-0.05, 0) is 93.0 Å². The van der Waals surface area contributed by atoms with Crippen molar-refractivity contribution in [3.8, 4) is 0 Å². The smallest absolute Gasteiger partial charge is 0.193 e. The number of aromatic nitrogens is 1. The van der Waals surface area contributed by atoms with E-state index in [-0.39, 0.29) is 18.1 Å². The molecular formula is C41H38N2O2S. The van der Waals surface area contributed by atoms with Gasteiger partial charge in [-0.3, -0.25) is 14.6 Å². The molecule has 0 aliphatic rings. The lowest BCUT2D eigenvalue weighted by molar-refractivity contribution is 0.1000. The third kappa shape index (κ3) is 6.75. The summed E-state index contributed by atoms with van der Waals surface area (Å²) in [5.41, 5.74) is 8.47. The minimum atomic E-state index is 0.00940. The van der Waals surface area contributed by atoms with Gasteiger partial charge in [0.05, 0.1) is 0 Å². The molecule has 1 heterocycles. The van der Waals surface area contributed by atoms with E-state index in [1.165, 1.54) is 10.5 Å². The Labute approximate surface area is 275 Å². The Morgan fingerprint density at radius 3 is 2.07 bits per heavy atom.